The first kappa shape index (κ1) is 25.2. The Morgan fingerprint density at radius 3 is 1.80 bits per heavy atom. The first-order valence-electron chi connectivity index (χ1n) is 15.7. The number of fused-ring (bicyclic) bond motifs is 7. The minimum absolute atomic E-state index is 0.906. The van der Waals surface area contributed by atoms with E-state index in [9.17, 15) is 0 Å². The summed E-state index contributed by atoms with van der Waals surface area (Å²) >= 11 is 0. The minimum atomic E-state index is 0.906. The smallest absolute Gasteiger partial charge is 0.136 e. The summed E-state index contributed by atoms with van der Waals surface area (Å²) in [7, 11) is 0. The van der Waals surface area contributed by atoms with Gasteiger partial charge in [0.15, 0.2) is 0 Å². The van der Waals surface area contributed by atoms with Crippen LogP contribution in [0, 0.1) is 0 Å². The maximum atomic E-state index is 6.32. The predicted octanol–water partition coefficient (Wildman–Crippen LogP) is 12.7. The van der Waals surface area contributed by atoms with E-state index in [0.29, 0.717) is 0 Å². The van der Waals surface area contributed by atoms with Gasteiger partial charge in [-0.3, -0.25) is 0 Å². The maximum Gasteiger partial charge on any atom is 0.136 e. The van der Waals surface area contributed by atoms with Crippen LogP contribution in [0.1, 0.15) is 0 Å². The highest BCUT2D eigenvalue weighted by Crippen LogP contribution is 2.48. The Balaban J connectivity index is 1.02. The molecule has 0 spiro atoms. The van der Waals surface area contributed by atoms with Gasteiger partial charge < -0.3 is 9.15 Å². The number of rotatable bonds is 3. The summed E-state index contributed by atoms with van der Waals surface area (Å²) in [4.78, 5) is 0. The van der Waals surface area contributed by atoms with Crippen LogP contribution in [0.2, 0.25) is 0 Å². The number of hydrogen-bond acceptors (Lipinski definition) is 2. The monoisotopic (exact) mass is 586 g/mol. The first-order valence-corrected chi connectivity index (χ1v) is 15.7. The van der Waals surface area contributed by atoms with Crippen molar-refractivity contribution in [3.63, 3.8) is 0 Å². The quantitative estimate of drug-likeness (QED) is 0.205. The lowest BCUT2D eigenvalue weighted by Crippen LogP contribution is -1.97. The molecule has 0 amide bonds. The molecule has 0 saturated heterocycles. The highest BCUT2D eigenvalue weighted by atomic mass is 16.5. The molecule has 0 fully saturated rings. The Morgan fingerprint density at radius 2 is 0.957 bits per heavy atom. The fraction of sp³-hybridized carbons (Fsp3) is 0. The van der Waals surface area contributed by atoms with Crippen LogP contribution in [-0.2, 0) is 0 Å². The number of para-hydroxylation sites is 1. The molecule has 1 aliphatic rings. The van der Waals surface area contributed by atoms with Crippen LogP contribution in [-0.4, -0.2) is 0 Å². The van der Waals surface area contributed by atoms with Crippen LogP contribution >= 0.6 is 0 Å². The van der Waals surface area contributed by atoms with Crippen LogP contribution in [0.25, 0.3) is 88.0 Å². The number of ether oxygens (including phenoxy) is 1. The van der Waals surface area contributed by atoms with E-state index in [0.717, 1.165) is 28.2 Å². The van der Waals surface area contributed by atoms with Crippen LogP contribution in [0.4, 0.5) is 0 Å². The van der Waals surface area contributed by atoms with Crippen molar-refractivity contribution in [2.75, 3.05) is 0 Å². The van der Waals surface area contributed by atoms with E-state index in [1.165, 1.54) is 71.3 Å². The Morgan fingerprint density at radius 1 is 0.326 bits per heavy atom. The van der Waals surface area contributed by atoms with E-state index in [4.69, 9.17) is 9.15 Å². The molecule has 0 aliphatic carbocycles. The molecule has 10 rings (SSSR count). The van der Waals surface area contributed by atoms with Gasteiger partial charge in [0.1, 0.15) is 22.7 Å². The van der Waals surface area contributed by atoms with Crippen molar-refractivity contribution in [3.05, 3.63) is 158 Å². The molecule has 0 bridgehead atoms. The second-order valence-corrected chi connectivity index (χ2v) is 12.1. The molecule has 0 N–H and O–H groups in total. The van der Waals surface area contributed by atoms with Crippen molar-refractivity contribution in [2.24, 2.45) is 0 Å². The van der Waals surface area contributed by atoms with Crippen molar-refractivity contribution in [3.8, 4) is 56.0 Å². The summed E-state index contributed by atoms with van der Waals surface area (Å²) in [5.41, 5.74) is 11.3. The van der Waals surface area contributed by atoms with Gasteiger partial charge >= 0.3 is 0 Å². The standard InChI is InChI=1S/C44H26O2/c1-2-9-34-30(7-1)23-24-41-44(34)43-35(11-6-14-40(43)46-41)31-21-19-28(20-22-31)27-15-17-29(18-16-27)33-25-32-8-5-13-39-42(32)37(26-33)36-10-3-4-12-38(36)45-39/h1-26H. The molecule has 0 atom stereocenters. The summed E-state index contributed by atoms with van der Waals surface area (Å²) in [6, 6.07) is 56.1. The van der Waals surface area contributed by atoms with Gasteiger partial charge in [-0.25, -0.2) is 0 Å². The highest BCUT2D eigenvalue weighted by Gasteiger charge is 2.21. The second kappa shape index (κ2) is 9.69. The van der Waals surface area contributed by atoms with Crippen molar-refractivity contribution in [1.82, 2.24) is 0 Å². The SMILES string of the molecule is c1ccc2c(c1)Oc1cccc3cc(-c4ccc(-c5ccc(-c6cccc7oc8ccc9ccccc9c8c67)cc5)cc4)cc-2c13. The molecule has 0 unspecified atom stereocenters. The molecule has 46 heavy (non-hydrogen) atoms. The van der Waals surface area contributed by atoms with E-state index in [-0.39, 0.29) is 0 Å². The van der Waals surface area contributed by atoms with Gasteiger partial charge in [-0.15, -0.1) is 0 Å². The van der Waals surface area contributed by atoms with Crippen molar-refractivity contribution in [1.29, 1.82) is 0 Å². The number of benzene rings is 8. The lowest BCUT2D eigenvalue weighted by Gasteiger charge is -2.22. The zero-order valence-electron chi connectivity index (χ0n) is 24.8. The van der Waals surface area contributed by atoms with Crippen LogP contribution in [0.3, 0.4) is 0 Å². The third-order valence-electron chi connectivity index (χ3n) is 9.47. The van der Waals surface area contributed by atoms with E-state index in [1.807, 2.05) is 12.1 Å². The molecule has 1 aromatic heterocycles. The van der Waals surface area contributed by atoms with Crippen molar-refractivity contribution < 1.29 is 9.15 Å². The molecule has 0 saturated carbocycles. The fourth-order valence-corrected chi connectivity index (χ4v) is 7.28. The Bertz CT molecular complexity index is 2640. The highest BCUT2D eigenvalue weighted by molar-refractivity contribution is 6.22. The molecule has 1 aliphatic heterocycles. The summed E-state index contributed by atoms with van der Waals surface area (Å²) in [6.45, 7) is 0. The third-order valence-corrected chi connectivity index (χ3v) is 9.47. The Labute approximate surface area is 265 Å². The molecular weight excluding hydrogens is 560 g/mol. The largest absolute Gasteiger partial charge is 0.456 e. The molecule has 9 aromatic rings. The molecule has 8 aromatic carbocycles. The van der Waals surface area contributed by atoms with E-state index in [2.05, 4.69) is 146 Å². The van der Waals surface area contributed by atoms with Crippen molar-refractivity contribution >= 4 is 43.5 Å². The Kier molecular flexibility index (Phi) is 5.31. The fourth-order valence-electron chi connectivity index (χ4n) is 7.28. The Hall–Kier alpha value is -6.12. The van der Waals surface area contributed by atoms with E-state index < -0.39 is 0 Å². The van der Waals surface area contributed by atoms with Gasteiger partial charge in [0.05, 0.1) is 0 Å². The molecule has 2 nitrogen and oxygen atoms in total. The molecular formula is C44H26O2. The van der Waals surface area contributed by atoms with Gasteiger partial charge in [0, 0.05) is 21.7 Å². The van der Waals surface area contributed by atoms with Gasteiger partial charge in [0.25, 0.3) is 0 Å². The second-order valence-electron chi connectivity index (χ2n) is 12.1. The first-order chi connectivity index (χ1) is 22.8. The van der Waals surface area contributed by atoms with Crippen LogP contribution < -0.4 is 4.74 Å². The van der Waals surface area contributed by atoms with E-state index >= 15 is 0 Å². The van der Waals surface area contributed by atoms with Gasteiger partial charge in [-0.1, -0.05) is 121 Å². The average Bonchev–Trinajstić information content (AvgIpc) is 3.52. The van der Waals surface area contributed by atoms with E-state index in [1.54, 1.807) is 0 Å². The lowest BCUT2D eigenvalue weighted by molar-refractivity contribution is 0.487. The van der Waals surface area contributed by atoms with Gasteiger partial charge in [-0.05, 0) is 91.5 Å². The normalized spacial score (nSPS) is 12.1. The summed E-state index contributed by atoms with van der Waals surface area (Å²) in [5.74, 6) is 1.83. The molecule has 214 valence electrons. The predicted molar refractivity (Wildman–Crippen MR) is 191 cm³/mol. The zero-order valence-corrected chi connectivity index (χ0v) is 24.8. The maximum absolute atomic E-state index is 6.32. The number of furan rings is 1. The lowest BCUT2D eigenvalue weighted by atomic mass is 9.90. The molecule has 2 heteroatoms. The summed E-state index contributed by atoms with van der Waals surface area (Å²) in [5, 5.41) is 7.15. The van der Waals surface area contributed by atoms with Gasteiger partial charge in [-0.2, -0.15) is 0 Å². The van der Waals surface area contributed by atoms with Crippen molar-refractivity contribution in [2.45, 2.75) is 0 Å². The summed E-state index contributed by atoms with van der Waals surface area (Å²) < 4.78 is 12.6. The van der Waals surface area contributed by atoms with Gasteiger partial charge in [0.2, 0.25) is 0 Å². The average molecular weight is 587 g/mol. The summed E-state index contributed by atoms with van der Waals surface area (Å²) in [6.07, 6.45) is 0. The van der Waals surface area contributed by atoms with Crippen LogP contribution in [0.5, 0.6) is 11.5 Å². The minimum Gasteiger partial charge on any atom is -0.456 e. The molecule has 0 radical (unpaired) electrons. The van der Waals surface area contributed by atoms with Crippen LogP contribution in [0.15, 0.2) is 162 Å². The third kappa shape index (κ3) is 3.77. The molecule has 2 heterocycles. The number of hydrogen-bond donors (Lipinski definition) is 0. The zero-order chi connectivity index (χ0) is 30.2. The topological polar surface area (TPSA) is 22.4 Å².